The third-order valence-corrected chi connectivity index (χ3v) is 3.02. The van der Waals surface area contributed by atoms with E-state index < -0.39 is 6.04 Å². The van der Waals surface area contributed by atoms with E-state index in [2.05, 4.69) is 9.55 Å². The van der Waals surface area contributed by atoms with E-state index in [0.29, 0.717) is 19.6 Å². The Kier molecular flexibility index (Phi) is 4.90. The second-order valence-corrected chi connectivity index (χ2v) is 4.55. The second kappa shape index (κ2) is 6.86. The quantitative estimate of drug-likeness (QED) is 0.807. The van der Waals surface area contributed by atoms with Crippen molar-refractivity contribution in [1.29, 1.82) is 0 Å². The van der Waals surface area contributed by atoms with E-state index >= 15 is 0 Å². The van der Waals surface area contributed by atoms with Gasteiger partial charge in [-0.05, 0) is 30.7 Å². The Labute approximate surface area is 118 Å². The largest absolute Gasteiger partial charge is 0.465 e. The first kappa shape index (κ1) is 14.3. The maximum atomic E-state index is 11.6. The van der Waals surface area contributed by atoms with Gasteiger partial charge in [-0.1, -0.05) is 6.07 Å². The average Bonchev–Trinajstić information content (AvgIpc) is 2.87. The summed E-state index contributed by atoms with van der Waals surface area (Å²) >= 11 is 0. The van der Waals surface area contributed by atoms with Gasteiger partial charge in [0.05, 0.1) is 6.61 Å². The van der Waals surface area contributed by atoms with Crippen molar-refractivity contribution in [3.05, 3.63) is 54.1 Å². The molecule has 1 atom stereocenters. The summed E-state index contributed by atoms with van der Waals surface area (Å²) < 4.78 is 6.99. The molecule has 0 saturated carbocycles. The maximum Gasteiger partial charge on any atom is 0.323 e. The number of ether oxygens (including phenoxy) is 1. The third-order valence-electron chi connectivity index (χ3n) is 3.02. The van der Waals surface area contributed by atoms with Crippen molar-refractivity contribution < 1.29 is 9.53 Å². The number of hydrogen-bond acceptors (Lipinski definition) is 4. The molecule has 0 radical (unpaired) electrons. The molecule has 2 aromatic rings. The van der Waals surface area contributed by atoms with Crippen LogP contribution in [0.15, 0.2) is 42.9 Å². The van der Waals surface area contributed by atoms with Crippen LogP contribution in [0.3, 0.4) is 0 Å². The standard InChI is InChI=1S/C15H19N3O2/c1-2-20-15(19)14(16)9-13-6-4-8-18(13)11-12-5-3-7-17-10-12/h3-8,10,14H,2,9,11,16H2,1H3. The topological polar surface area (TPSA) is 70.1 Å². The molecule has 0 saturated heterocycles. The highest BCUT2D eigenvalue weighted by Gasteiger charge is 2.16. The van der Waals surface area contributed by atoms with Crippen LogP contribution in [0.4, 0.5) is 0 Å². The second-order valence-electron chi connectivity index (χ2n) is 4.55. The Morgan fingerprint density at radius 2 is 2.30 bits per heavy atom. The molecule has 0 aliphatic rings. The predicted molar refractivity (Wildman–Crippen MR) is 76.1 cm³/mol. The Bertz CT molecular complexity index is 551. The number of rotatable bonds is 6. The number of pyridine rings is 1. The van der Waals surface area contributed by atoms with Gasteiger partial charge in [-0.25, -0.2) is 0 Å². The predicted octanol–water partition coefficient (Wildman–Crippen LogP) is 1.36. The Morgan fingerprint density at radius 3 is 3.00 bits per heavy atom. The number of esters is 1. The molecular weight excluding hydrogens is 254 g/mol. The normalized spacial score (nSPS) is 12.1. The molecule has 0 aliphatic carbocycles. The molecule has 5 heteroatoms. The summed E-state index contributed by atoms with van der Waals surface area (Å²) in [7, 11) is 0. The van der Waals surface area contributed by atoms with Crippen LogP contribution in [0.2, 0.25) is 0 Å². The molecule has 0 aliphatic heterocycles. The Morgan fingerprint density at radius 1 is 1.45 bits per heavy atom. The minimum atomic E-state index is -0.627. The van der Waals surface area contributed by atoms with E-state index in [1.165, 1.54) is 0 Å². The molecule has 106 valence electrons. The van der Waals surface area contributed by atoms with Gasteiger partial charge in [0.1, 0.15) is 6.04 Å². The van der Waals surface area contributed by atoms with E-state index in [-0.39, 0.29) is 5.97 Å². The van der Waals surface area contributed by atoms with Crippen LogP contribution in [-0.4, -0.2) is 28.2 Å². The summed E-state index contributed by atoms with van der Waals surface area (Å²) in [4.78, 5) is 15.7. The van der Waals surface area contributed by atoms with Crippen LogP contribution in [0, 0.1) is 0 Å². The maximum absolute atomic E-state index is 11.6. The molecule has 2 heterocycles. The minimum Gasteiger partial charge on any atom is -0.465 e. The van der Waals surface area contributed by atoms with Crippen molar-refractivity contribution in [2.45, 2.75) is 25.9 Å². The smallest absolute Gasteiger partial charge is 0.323 e. The SMILES string of the molecule is CCOC(=O)C(N)Cc1cccn1Cc1cccnc1. The lowest BCUT2D eigenvalue weighted by Crippen LogP contribution is -2.35. The fraction of sp³-hybridized carbons (Fsp3) is 0.333. The fourth-order valence-electron chi connectivity index (χ4n) is 2.04. The van der Waals surface area contributed by atoms with Crippen LogP contribution >= 0.6 is 0 Å². The van der Waals surface area contributed by atoms with Crippen molar-refractivity contribution in [2.75, 3.05) is 6.61 Å². The molecule has 0 aromatic carbocycles. The molecule has 2 aromatic heterocycles. The molecule has 2 rings (SSSR count). The van der Waals surface area contributed by atoms with Gasteiger partial charge in [-0.3, -0.25) is 9.78 Å². The zero-order valence-corrected chi connectivity index (χ0v) is 11.5. The summed E-state index contributed by atoms with van der Waals surface area (Å²) in [5.41, 5.74) is 7.97. The van der Waals surface area contributed by atoms with Crippen LogP contribution in [0.1, 0.15) is 18.2 Å². The van der Waals surface area contributed by atoms with Crippen molar-refractivity contribution >= 4 is 5.97 Å². The third kappa shape index (κ3) is 3.68. The van der Waals surface area contributed by atoms with E-state index in [9.17, 15) is 4.79 Å². The van der Waals surface area contributed by atoms with Gasteiger partial charge in [0, 0.05) is 37.3 Å². The Balaban J connectivity index is 2.03. The molecule has 0 amide bonds. The van der Waals surface area contributed by atoms with Crippen LogP contribution in [0.25, 0.3) is 0 Å². The monoisotopic (exact) mass is 273 g/mol. The molecule has 2 N–H and O–H groups in total. The lowest BCUT2D eigenvalue weighted by molar-refractivity contribution is -0.144. The summed E-state index contributed by atoms with van der Waals surface area (Å²) in [6, 6.07) is 7.21. The fourth-order valence-corrected chi connectivity index (χ4v) is 2.04. The van der Waals surface area contributed by atoms with Crippen molar-refractivity contribution in [1.82, 2.24) is 9.55 Å². The van der Waals surface area contributed by atoms with Gasteiger partial charge in [0.25, 0.3) is 0 Å². The highest BCUT2D eigenvalue weighted by molar-refractivity contribution is 5.75. The van der Waals surface area contributed by atoms with Crippen LogP contribution < -0.4 is 5.73 Å². The molecule has 0 fully saturated rings. The summed E-state index contributed by atoms with van der Waals surface area (Å²) in [5, 5.41) is 0. The molecular formula is C15H19N3O2. The molecule has 1 unspecified atom stereocenters. The van der Waals surface area contributed by atoms with Crippen LogP contribution in [0.5, 0.6) is 0 Å². The summed E-state index contributed by atoms with van der Waals surface area (Å²) in [6.45, 7) is 2.84. The van der Waals surface area contributed by atoms with Crippen molar-refractivity contribution in [3.8, 4) is 0 Å². The zero-order valence-electron chi connectivity index (χ0n) is 11.5. The van der Waals surface area contributed by atoms with Crippen LogP contribution in [-0.2, 0) is 22.5 Å². The molecule has 5 nitrogen and oxygen atoms in total. The average molecular weight is 273 g/mol. The van der Waals surface area contributed by atoms with E-state index in [4.69, 9.17) is 10.5 Å². The van der Waals surface area contributed by atoms with E-state index in [1.807, 2.05) is 36.7 Å². The number of hydrogen-bond donors (Lipinski definition) is 1. The number of aromatic nitrogens is 2. The summed E-state index contributed by atoms with van der Waals surface area (Å²) in [6.07, 6.45) is 6.01. The molecule has 0 spiro atoms. The van der Waals surface area contributed by atoms with Gasteiger partial charge in [0.15, 0.2) is 0 Å². The van der Waals surface area contributed by atoms with Gasteiger partial charge in [-0.15, -0.1) is 0 Å². The van der Waals surface area contributed by atoms with Crippen molar-refractivity contribution in [3.63, 3.8) is 0 Å². The van der Waals surface area contributed by atoms with E-state index in [0.717, 1.165) is 11.3 Å². The first-order chi connectivity index (χ1) is 9.70. The van der Waals surface area contributed by atoms with Crippen molar-refractivity contribution in [2.24, 2.45) is 5.73 Å². The lowest BCUT2D eigenvalue weighted by Gasteiger charge is -2.13. The van der Waals surface area contributed by atoms with Gasteiger partial charge >= 0.3 is 5.97 Å². The number of carbonyl (C=O) groups is 1. The first-order valence-electron chi connectivity index (χ1n) is 6.66. The number of nitrogens with zero attached hydrogens (tertiary/aromatic N) is 2. The van der Waals surface area contributed by atoms with Gasteiger partial charge in [0.2, 0.25) is 0 Å². The van der Waals surface area contributed by atoms with E-state index in [1.54, 1.807) is 13.1 Å². The lowest BCUT2D eigenvalue weighted by atomic mass is 10.1. The van der Waals surface area contributed by atoms with Gasteiger partial charge in [-0.2, -0.15) is 0 Å². The zero-order chi connectivity index (χ0) is 14.4. The highest BCUT2D eigenvalue weighted by Crippen LogP contribution is 2.09. The first-order valence-corrected chi connectivity index (χ1v) is 6.66. The minimum absolute atomic E-state index is 0.350. The number of nitrogens with two attached hydrogens (primary N) is 1. The number of carbonyl (C=O) groups excluding carboxylic acids is 1. The summed E-state index contributed by atoms with van der Waals surface area (Å²) in [5.74, 6) is -0.360. The molecule has 20 heavy (non-hydrogen) atoms. The van der Waals surface area contributed by atoms with Gasteiger partial charge < -0.3 is 15.0 Å². The highest BCUT2D eigenvalue weighted by atomic mass is 16.5. The molecule has 0 bridgehead atoms. The Hall–Kier alpha value is -2.14.